The smallest absolute Gasteiger partial charge is 0.163 e. The Hall–Kier alpha value is -2.51. The highest BCUT2D eigenvalue weighted by Gasteiger charge is 2.17. The summed E-state index contributed by atoms with van der Waals surface area (Å²) in [5.74, 6) is 0.420. The van der Waals surface area contributed by atoms with E-state index in [-0.39, 0.29) is 5.75 Å². The van der Waals surface area contributed by atoms with Crippen molar-refractivity contribution >= 4 is 0 Å². The van der Waals surface area contributed by atoms with Crippen LogP contribution < -0.4 is 10.1 Å². The number of hydrogen-bond acceptors (Lipinski definition) is 4. The Morgan fingerprint density at radius 3 is 2.62 bits per heavy atom. The van der Waals surface area contributed by atoms with E-state index in [1.807, 2.05) is 37.3 Å². The summed E-state index contributed by atoms with van der Waals surface area (Å²) < 4.78 is 5.35. The number of phenols is 1. The Morgan fingerprint density at radius 1 is 1.19 bits per heavy atom. The lowest BCUT2D eigenvalue weighted by Crippen LogP contribution is -2.19. The molecular weight excluding hydrogens is 264 g/mol. The third kappa shape index (κ3) is 3.74. The van der Waals surface area contributed by atoms with E-state index < -0.39 is 6.04 Å². The molecule has 2 N–H and O–H groups in total. The zero-order chi connectivity index (χ0) is 15.1. The number of para-hydroxylation sites is 1. The summed E-state index contributed by atoms with van der Waals surface area (Å²) in [7, 11) is 0. The maximum absolute atomic E-state index is 10.2. The van der Waals surface area contributed by atoms with E-state index in [1.165, 1.54) is 0 Å². The highest BCUT2D eigenvalue weighted by Crippen LogP contribution is 2.33. The molecule has 0 aromatic heterocycles. The topological polar surface area (TPSA) is 65.3 Å². The molecule has 4 heteroatoms. The van der Waals surface area contributed by atoms with Crippen molar-refractivity contribution < 1.29 is 9.84 Å². The van der Waals surface area contributed by atoms with Crippen molar-refractivity contribution in [3.05, 3.63) is 59.7 Å². The first-order valence-corrected chi connectivity index (χ1v) is 6.87. The van der Waals surface area contributed by atoms with Crippen molar-refractivity contribution in [2.45, 2.75) is 19.5 Å². The maximum Gasteiger partial charge on any atom is 0.163 e. The molecule has 2 aromatic rings. The first kappa shape index (κ1) is 14.9. The van der Waals surface area contributed by atoms with Gasteiger partial charge in [0.25, 0.3) is 0 Å². The standard InChI is InChI=1S/C17H18N2O2/c1-2-21-16-10-6-9-14(17(16)20)15(11-18)19-12-13-7-4-3-5-8-13/h3-10,15,19-20H,2,12H2,1H3. The second-order valence-corrected chi connectivity index (χ2v) is 4.56. The van der Waals surface area contributed by atoms with Crippen LogP contribution in [0.5, 0.6) is 11.5 Å². The molecule has 0 fully saturated rings. The number of aromatic hydroxyl groups is 1. The van der Waals surface area contributed by atoms with Crippen LogP contribution in [-0.4, -0.2) is 11.7 Å². The largest absolute Gasteiger partial charge is 0.504 e. The summed E-state index contributed by atoms with van der Waals surface area (Å²) in [4.78, 5) is 0. The first-order chi connectivity index (χ1) is 10.3. The van der Waals surface area contributed by atoms with Gasteiger partial charge >= 0.3 is 0 Å². The minimum Gasteiger partial charge on any atom is -0.504 e. The molecule has 0 bridgehead atoms. The summed E-state index contributed by atoms with van der Waals surface area (Å²) in [5, 5.41) is 22.7. The second-order valence-electron chi connectivity index (χ2n) is 4.56. The van der Waals surface area contributed by atoms with Gasteiger partial charge in [-0.05, 0) is 18.6 Å². The molecule has 2 aromatic carbocycles. The van der Waals surface area contributed by atoms with Crippen LogP contribution in [-0.2, 0) is 6.54 Å². The predicted octanol–water partition coefficient (Wildman–Crippen LogP) is 3.15. The van der Waals surface area contributed by atoms with E-state index in [1.54, 1.807) is 18.2 Å². The van der Waals surface area contributed by atoms with Crippen molar-refractivity contribution in [1.82, 2.24) is 5.32 Å². The van der Waals surface area contributed by atoms with Gasteiger partial charge in [-0.2, -0.15) is 5.26 Å². The second kappa shape index (κ2) is 7.32. The van der Waals surface area contributed by atoms with Gasteiger partial charge in [-0.3, -0.25) is 5.32 Å². The minimum absolute atomic E-state index is 0.0199. The molecule has 4 nitrogen and oxygen atoms in total. The first-order valence-electron chi connectivity index (χ1n) is 6.87. The SMILES string of the molecule is CCOc1cccc(C(C#N)NCc2ccccc2)c1O. The molecule has 1 atom stereocenters. The van der Waals surface area contributed by atoms with Gasteiger partial charge in [0.05, 0.1) is 12.7 Å². The molecule has 0 saturated heterocycles. The van der Waals surface area contributed by atoms with Gasteiger partial charge in [0.1, 0.15) is 6.04 Å². The minimum atomic E-state index is -0.592. The highest BCUT2D eigenvalue weighted by molar-refractivity contribution is 5.48. The van der Waals surface area contributed by atoms with Crippen molar-refractivity contribution in [3.63, 3.8) is 0 Å². The van der Waals surface area contributed by atoms with Crippen LogP contribution in [0.25, 0.3) is 0 Å². The van der Waals surface area contributed by atoms with E-state index in [9.17, 15) is 10.4 Å². The Kier molecular flexibility index (Phi) is 5.19. The third-order valence-corrected chi connectivity index (χ3v) is 3.12. The van der Waals surface area contributed by atoms with Gasteiger partial charge in [-0.25, -0.2) is 0 Å². The molecule has 0 aliphatic carbocycles. The molecule has 0 aliphatic rings. The van der Waals surface area contributed by atoms with Crippen LogP contribution in [0, 0.1) is 11.3 Å². The van der Waals surface area contributed by atoms with Crippen molar-refractivity contribution in [2.24, 2.45) is 0 Å². The molecule has 0 heterocycles. The fourth-order valence-electron chi connectivity index (χ4n) is 2.09. The lowest BCUT2D eigenvalue weighted by atomic mass is 10.1. The summed E-state index contributed by atoms with van der Waals surface area (Å²) in [6.07, 6.45) is 0. The lowest BCUT2D eigenvalue weighted by molar-refractivity contribution is 0.315. The average molecular weight is 282 g/mol. The van der Waals surface area contributed by atoms with Crippen LogP contribution in [0.3, 0.4) is 0 Å². The Balaban J connectivity index is 2.14. The Labute approximate surface area is 124 Å². The number of hydrogen-bond donors (Lipinski definition) is 2. The molecule has 108 valence electrons. The molecule has 21 heavy (non-hydrogen) atoms. The van der Waals surface area contributed by atoms with E-state index >= 15 is 0 Å². The number of benzene rings is 2. The fraction of sp³-hybridized carbons (Fsp3) is 0.235. The van der Waals surface area contributed by atoms with Gasteiger partial charge in [-0.15, -0.1) is 0 Å². The zero-order valence-electron chi connectivity index (χ0n) is 11.9. The third-order valence-electron chi connectivity index (χ3n) is 3.12. The fourth-order valence-corrected chi connectivity index (χ4v) is 2.09. The number of nitrogens with one attached hydrogen (secondary N) is 1. The predicted molar refractivity (Wildman–Crippen MR) is 80.9 cm³/mol. The zero-order valence-corrected chi connectivity index (χ0v) is 11.9. The van der Waals surface area contributed by atoms with Gasteiger partial charge in [-0.1, -0.05) is 42.5 Å². The molecular formula is C17H18N2O2. The summed E-state index contributed by atoms with van der Waals surface area (Å²) in [6.45, 7) is 2.87. The van der Waals surface area contributed by atoms with Gasteiger partial charge in [0.2, 0.25) is 0 Å². The number of phenolic OH excluding ortho intramolecular Hbond substituents is 1. The highest BCUT2D eigenvalue weighted by atomic mass is 16.5. The Bertz CT molecular complexity index is 620. The number of nitriles is 1. The normalized spacial score (nSPS) is 11.6. The van der Waals surface area contributed by atoms with E-state index in [4.69, 9.17) is 4.74 Å². The van der Waals surface area contributed by atoms with Crippen LogP contribution in [0.15, 0.2) is 48.5 Å². The molecule has 0 saturated carbocycles. The summed E-state index contributed by atoms with van der Waals surface area (Å²) in [5.41, 5.74) is 1.61. The molecule has 0 amide bonds. The number of ether oxygens (including phenoxy) is 1. The van der Waals surface area contributed by atoms with Crippen LogP contribution in [0.1, 0.15) is 24.1 Å². The molecule has 0 spiro atoms. The average Bonchev–Trinajstić information content (AvgIpc) is 2.52. The van der Waals surface area contributed by atoms with Crippen LogP contribution in [0.2, 0.25) is 0 Å². The van der Waals surface area contributed by atoms with E-state index in [0.717, 1.165) is 5.56 Å². The van der Waals surface area contributed by atoms with Crippen molar-refractivity contribution in [2.75, 3.05) is 6.61 Å². The van der Waals surface area contributed by atoms with Crippen molar-refractivity contribution in [3.8, 4) is 17.6 Å². The monoisotopic (exact) mass is 282 g/mol. The molecule has 0 radical (unpaired) electrons. The lowest BCUT2D eigenvalue weighted by Gasteiger charge is -2.15. The quantitative estimate of drug-likeness (QED) is 0.854. The van der Waals surface area contributed by atoms with Crippen LogP contribution >= 0.6 is 0 Å². The molecule has 1 unspecified atom stereocenters. The van der Waals surface area contributed by atoms with E-state index in [2.05, 4.69) is 11.4 Å². The Morgan fingerprint density at radius 2 is 1.95 bits per heavy atom. The van der Waals surface area contributed by atoms with Crippen LogP contribution in [0.4, 0.5) is 0 Å². The summed E-state index contributed by atoms with van der Waals surface area (Å²) in [6, 6.07) is 16.6. The van der Waals surface area contributed by atoms with Gasteiger partial charge < -0.3 is 9.84 Å². The summed E-state index contributed by atoms with van der Waals surface area (Å²) >= 11 is 0. The number of nitrogens with zero attached hydrogens (tertiary/aromatic N) is 1. The van der Waals surface area contributed by atoms with Crippen molar-refractivity contribution in [1.29, 1.82) is 5.26 Å². The molecule has 0 aliphatic heterocycles. The van der Waals surface area contributed by atoms with Gasteiger partial charge in [0, 0.05) is 12.1 Å². The molecule has 2 rings (SSSR count). The van der Waals surface area contributed by atoms with E-state index in [0.29, 0.717) is 24.5 Å². The van der Waals surface area contributed by atoms with Gasteiger partial charge in [0.15, 0.2) is 11.5 Å². The maximum atomic E-state index is 10.2. The number of rotatable bonds is 6.